The number of hydrogen-bond donors (Lipinski definition) is 2. The summed E-state index contributed by atoms with van der Waals surface area (Å²) in [4.78, 5) is 11.1. The Morgan fingerprint density at radius 3 is 2.69 bits per heavy atom. The lowest BCUT2D eigenvalue weighted by Gasteiger charge is -2.22. The average Bonchev–Trinajstić information content (AvgIpc) is 2.30. The van der Waals surface area contributed by atoms with Gasteiger partial charge in [0.25, 0.3) is 0 Å². The molecule has 0 saturated heterocycles. The lowest BCUT2D eigenvalue weighted by molar-refractivity contribution is -0.120. The van der Waals surface area contributed by atoms with Crippen molar-refractivity contribution in [2.24, 2.45) is 0 Å². The maximum absolute atomic E-state index is 11.1. The molecule has 1 amide bonds. The summed E-state index contributed by atoms with van der Waals surface area (Å²) in [6, 6.07) is 0.720. The average molecular weight is 224 g/mol. The van der Waals surface area contributed by atoms with Gasteiger partial charge >= 0.3 is 0 Å². The summed E-state index contributed by atoms with van der Waals surface area (Å²) in [5, 5.41) is 6.43. The molecule has 0 heterocycles. The number of rotatable bonds is 7. The molecule has 1 saturated carbocycles. The molecule has 16 heavy (non-hydrogen) atoms. The summed E-state index contributed by atoms with van der Waals surface area (Å²) < 4.78 is 0. The second-order valence-corrected chi connectivity index (χ2v) is 4.49. The summed E-state index contributed by atoms with van der Waals surface area (Å²) in [5.74, 6) is 0.0765. The van der Waals surface area contributed by atoms with Gasteiger partial charge in [0.1, 0.15) is 0 Å². The van der Waals surface area contributed by atoms with E-state index in [0.717, 1.165) is 25.6 Å². The SMILES string of the molecule is C=CCC(=O)NCCCNC1CCCCC1. The van der Waals surface area contributed by atoms with E-state index in [9.17, 15) is 4.79 Å². The molecule has 0 spiro atoms. The maximum Gasteiger partial charge on any atom is 0.223 e. The molecule has 0 radical (unpaired) electrons. The Kier molecular flexibility index (Phi) is 6.90. The van der Waals surface area contributed by atoms with E-state index in [-0.39, 0.29) is 5.91 Å². The van der Waals surface area contributed by atoms with Crippen molar-refractivity contribution in [3.8, 4) is 0 Å². The van der Waals surface area contributed by atoms with Crippen LogP contribution in [0.4, 0.5) is 0 Å². The highest BCUT2D eigenvalue weighted by Gasteiger charge is 2.11. The van der Waals surface area contributed by atoms with E-state index >= 15 is 0 Å². The van der Waals surface area contributed by atoms with Crippen LogP contribution < -0.4 is 10.6 Å². The zero-order chi connectivity index (χ0) is 11.6. The number of amides is 1. The third-order valence-corrected chi connectivity index (χ3v) is 3.04. The van der Waals surface area contributed by atoms with Crippen molar-refractivity contribution in [3.63, 3.8) is 0 Å². The van der Waals surface area contributed by atoms with Gasteiger partial charge in [0.05, 0.1) is 0 Å². The van der Waals surface area contributed by atoms with Gasteiger partial charge < -0.3 is 10.6 Å². The molecule has 1 rings (SSSR count). The topological polar surface area (TPSA) is 41.1 Å². The number of hydrogen-bond acceptors (Lipinski definition) is 2. The van der Waals surface area contributed by atoms with E-state index in [4.69, 9.17) is 0 Å². The monoisotopic (exact) mass is 224 g/mol. The predicted octanol–water partition coefficient (Wildman–Crippen LogP) is 1.99. The maximum atomic E-state index is 11.1. The summed E-state index contributed by atoms with van der Waals surface area (Å²) >= 11 is 0. The molecule has 0 unspecified atom stereocenters. The second-order valence-electron chi connectivity index (χ2n) is 4.49. The van der Waals surface area contributed by atoms with Crippen LogP contribution in [0.3, 0.4) is 0 Å². The third-order valence-electron chi connectivity index (χ3n) is 3.04. The fraction of sp³-hybridized carbons (Fsp3) is 0.769. The molecular formula is C13H24N2O. The first kappa shape index (κ1) is 13.2. The van der Waals surface area contributed by atoms with Crippen LogP contribution in [-0.2, 0) is 4.79 Å². The zero-order valence-electron chi connectivity index (χ0n) is 10.1. The molecule has 1 aliphatic carbocycles. The molecular weight excluding hydrogens is 200 g/mol. The smallest absolute Gasteiger partial charge is 0.223 e. The summed E-state index contributed by atoms with van der Waals surface area (Å²) in [7, 11) is 0. The minimum atomic E-state index is 0.0765. The zero-order valence-corrected chi connectivity index (χ0v) is 10.1. The van der Waals surface area contributed by atoms with Gasteiger partial charge in [-0.05, 0) is 25.8 Å². The van der Waals surface area contributed by atoms with Gasteiger partial charge in [-0.2, -0.15) is 0 Å². The van der Waals surface area contributed by atoms with Crippen LogP contribution in [-0.4, -0.2) is 25.0 Å². The van der Waals surface area contributed by atoms with Gasteiger partial charge in [-0.15, -0.1) is 6.58 Å². The van der Waals surface area contributed by atoms with Crippen molar-refractivity contribution >= 4 is 5.91 Å². The van der Waals surface area contributed by atoms with Gasteiger partial charge in [0.15, 0.2) is 0 Å². The molecule has 92 valence electrons. The van der Waals surface area contributed by atoms with Crippen LogP contribution in [0.5, 0.6) is 0 Å². The van der Waals surface area contributed by atoms with Crippen molar-refractivity contribution in [3.05, 3.63) is 12.7 Å². The molecule has 0 atom stereocenters. The van der Waals surface area contributed by atoms with Crippen LogP contribution in [0.25, 0.3) is 0 Å². The van der Waals surface area contributed by atoms with Crippen molar-refractivity contribution in [1.82, 2.24) is 10.6 Å². The van der Waals surface area contributed by atoms with Crippen molar-refractivity contribution in [2.45, 2.75) is 51.0 Å². The Morgan fingerprint density at radius 1 is 1.25 bits per heavy atom. The van der Waals surface area contributed by atoms with E-state index in [2.05, 4.69) is 17.2 Å². The Morgan fingerprint density at radius 2 is 2.00 bits per heavy atom. The number of carbonyl (C=O) groups is 1. The fourth-order valence-electron chi connectivity index (χ4n) is 2.13. The van der Waals surface area contributed by atoms with Crippen LogP contribution in [0, 0.1) is 0 Å². The molecule has 1 fully saturated rings. The standard InChI is InChI=1S/C13H24N2O/c1-2-7-13(16)15-11-6-10-14-12-8-4-3-5-9-12/h2,12,14H,1,3-11H2,(H,15,16). The normalized spacial score (nSPS) is 17.0. The summed E-state index contributed by atoms with van der Waals surface area (Å²) in [5.41, 5.74) is 0. The van der Waals surface area contributed by atoms with Crippen molar-refractivity contribution < 1.29 is 4.79 Å². The molecule has 1 aliphatic rings. The Balaban J connectivity index is 1.91. The van der Waals surface area contributed by atoms with Crippen molar-refractivity contribution in [2.75, 3.05) is 13.1 Å². The van der Waals surface area contributed by atoms with Gasteiger partial charge in [-0.25, -0.2) is 0 Å². The highest BCUT2D eigenvalue weighted by molar-refractivity contribution is 5.77. The first-order valence-electron chi connectivity index (χ1n) is 6.44. The quantitative estimate of drug-likeness (QED) is 0.513. The minimum absolute atomic E-state index is 0.0765. The van der Waals surface area contributed by atoms with E-state index in [1.54, 1.807) is 6.08 Å². The predicted molar refractivity (Wildman–Crippen MR) is 67.3 cm³/mol. The van der Waals surface area contributed by atoms with E-state index in [1.165, 1.54) is 32.1 Å². The molecule has 0 aliphatic heterocycles. The fourth-order valence-corrected chi connectivity index (χ4v) is 2.13. The van der Waals surface area contributed by atoms with Crippen molar-refractivity contribution in [1.29, 1.82) is 0 Å². The Hall–Kier alpha value is -0.830. The van der Waals surface area contributed by atoms with Gasteiger partial charge in [-0.1, -0.05) is 25.3 Å². The van der Waals surface area contributed by atoms with Crippen LogP contribution in [0.1, 0.15) is 44.9 Å². The van der Waals surface area contributed by atoms with Crippen LogP contribution in [0.2, 0.25) is 0 Å². The summed E-state index contributed by atoms with van der Waals surface area (Å²) in [6.07, 6.45) is 9.86. The first-order chi connectivity index (χ1) is 7.83. The largest absolute Gasteiger partial charge is 0.356 e. The Labute approximate surface area is 98.7 Å². The van der Waals surface area contributed by atoms with Gasteiger partial charge in [0.2, 0.25) is 5.91 Å². The Bertz CT molecular complexity index is 210. The van der Waals surface area contributed by atoms with E-state index in [0.29, 0.717) is 6.42 Å². The van der Waals surface area contributed by atoms with Gasteiger partial charge in [-0.3, -0.25) is 4.79 Å². The molecule has 0 aromatic carbocycles. The molecule has 0 aromatic heterocycles. The minimum Gasteiger partial charge on any atom is -0.356 e. The van der Waals surface area contributed by atoms with Crippen LogP contribution in [0.15, 0.2) is 12.7 Å². The highest BCUT2D eigenvalue weighted by atomic mass is 16.1. The lowest BCUT2D eigenvalue weighted by atomic mass is 9.95. The summed E-state index contributed by atoms with van der Waals surface area (Å²) in [6.45, 7) is 5.32. The van der Waals surface area contributed by atoms with E-state index < -0.39 is 0 Å². The lowest BCUT2D eigenvalue weighted by Crippen LogP contribution is -2.33. The first-order valence-corrected chi connectivity index (χ1v) is 6.44. The second kappa shape index (κ2) is 8.34. The number of nitrogens with one attached hydrogen (secondary N) is 2. The molecule has 3 heteroatoms. The molecule has 2 N–H and O–H groups in total. The van der Waals surface area contributed by atoms with E-state index in [1.807, 2.05) is 0 Å². The highest BCUT2D eigenvalue weighted by Crippen LogP contribution is 2.16. The molecule has 3 nitrogen and oxygen atoms in total. The molecule has 0 bridgehead atoms. The molecule has 0 aromatic rings. The van der Waals surface area contributed by atoms with Crippen LogP contribution >= 0.6 is 0 Å². The van der Waals surface area contributed by atoms with Gasteiger partial charge in [0, 0.05) is 19.0 Å². The number of carbonyl (C=O) groups excluding carboxylic acids is 1. The third kappa shape index (κ3) is 5.91.